The zero-order valence-electron chi connectivity index (χ0n) is 15.6. The van der Waals surface area contributed by atoms with E-state index in [4.69, 9.17) is 21.1 Å². The second-order valence-electron chi connectivity index (χ2n) is 6.96. The molecule has 146 valence electrons. The molecule has 1 atom stereocenters. The molecule has 0 spiro atoms. The molecule has 2 heterocycles. The van der Waals surface area contributed by atoms with Crippen molar-refractivity contribution in [1.29, 1.82) is 0 Å². The normalized spacial score (nSPS) is 17.8. The van der Waals surface area contributed by atoms with Gasteiger partial charge in [-0.1, -0.05) is 17.7 Å². The predicted molar refractivity (Wildman–Crippen MR) is 107 cm³/mol. The van der Waals surface area contributed by atoms with Crippen LogP contribution >= 0.6 is 11.6 Å². The molecule has 8 heteroatoms. The number of fused-ring (bicyclic) bond motifs is 1. The molecule has 1 unspecified atom stereocenters. The molecule has 2 aliphatic rings. The molecule has 1 fully saturated rings. The Morgan fingerprint density at radius 3 is 2.79 bits per heavy atom. The van der Waals surface area contributed by atoms with Crippen molar-refractivity contribution in [2.24, 2.45) is 5.92 Å². The van der Waals surface area contributed by atoms with Crippen LogP contribution in [-0.2, 0) is 9.59 Å². The SMILES string of the molecule is CN(C)c1c(Cl)cccc1NC(=O)C1CC(=O)N(c2ccc3c(c2)OCO3)C1. The molecule has 0 aliphatic carbocycles. The number of nitrogens with one attached hydrogen (secondary N) is 1. The summed E-state index contributed by atoms with van der Waals surface area (Å²) in [7, 11) is 3.72. The number of hydrogen-bond donors (Lipinski definition) is 1. The van der Waals surface area contributed by atoms with Gasteiger partial charge in [-0.05, 0) is 24.3 Å². The second kappa shape index (κ2) is 7.24. The van der Waals surface area contributed by atoms with Gasteiger partial charge in [-0.15, -0.1) is 0 Å². The maximum absolute atomic E-state index is 12.8. The molecule has 2 aromatic rings. The van der Waals surface area contributed by atoms with Crippen molar-refractivity contribution in [2.45, 2.75) is 6.42 Å². The van der Waals surface area contributed by atoms with Gasteiger partial charge in [0, 0.05) is 38.8 Å². The van der Waals surface area contributed by atoms with E-state index in [0.29, 0.717) is 34.4 Å². The number of ether oxygens (including phenoxy) is 2. The van der Waals surface area contributed by atoms with Gasteiger partial charge in [0.25, 0.3) is 0 Å². The molecule has 0 radical (unpaired) electrons. The maximum atomic E-state index is 12.8. The maximum Gasteiger partial charge on any atom is 0.231 e. The quantitative estimate of drug-likeness (QED) is 0.852. The van der Waals surface area contributed by atoms with Crippen molar-refractivity contribution in [1.82, 2.24) is 0 Å². The summed E-state index contributed by atoms with van der Waals surface area (Å²) in [5.41, 5.74) is 2.05. The zero-order chi connectivity index (χ0) is 19.8. The fraction of sp³-hybridized carbons (Fsp3) is 0.300. The second-order valence-corrected chi connectivity index (χ2v) is 7.37. The third-order valence-corrected chi connectivity index (χ3v) is 5.16. The third kappa shape index (κ3) is 3.33. The van der Waals surface area contributed by atoms with Crippen LogP contribution in [0, 0.1) is 5.92 Å². The van der Waals surface area contributed by atoms with E-state index in [2.05, 4.69) is 5.32 Å². The number of anilines is 3. The summed E-state index contributed by atoms with van der Waals surface area (Å²) in [6.45, 7) is 0.480. The monoisotopic (exact) mass is 401 g/mol. The molecule has 4 rings (SSSR count). The van der Waals surface area contributed by atoms with Gasteiger partial charge in [-0.25, -0.2) is 0 Å². The Balaban J connectivity index is 1.50. The predicted octanol–water partition coefficient (Wildman–Crippen LogP) is 3.13. The van der Waals surface area contributed by atoms with Gasteiger partial charge in [0.1, 0.15) is 0 Å². The van der Waals surface area contributed by atoms with Gasteiger partial charge in [-0.3, -0.25) is 9.59 Å². The number of benzene rings is 2. The summed E-state index contributed by atoms with van der Waals surface area (Å²) in [6.07, 6.45) is 0.151. The van der Waals surface area contributed by atoms with Gasteiger partial charge < -0.3 is 24.6 Å². The van der Waals surface area contributed by atoms with Crippen LogP contribution in [0.25, 0.3) is 0 Å². The number of nitrogens with zero attached hydrogens (tertiary/aromatic N) is 2. The van der Waals surface area contributed by atoms with Crippen LogP contribution in [0.1, 0.15) is 6.42 Å². The number of para-hydroxylation sites is 1. The summed E-state index contributed by atoms with van der Waals surface area (Å²) < 4.78 is 10.7. The number of hydrogen-bond acceptors (Lipinski definition) is 5. The summed E-state index contributed by atoms with van der Waals surface area (Å²) in [5, 5.41) is 3.47. The largest absolute Gasteiger partial charge is 0.454 e. The number of amides is 2. The first-order valence-corrected chi connectivity index (χ1v) is 9.28. The Kier molecular flexibility index (Phi) is 4.77. The lowest BCUT2D eigenvalue weighted by Gasteiger charge is -2.21. The van der Waals surface area contributed by atoms with E-state index < -0.39 is 5.92 Å². The van der Waals surface area contributed by atoms with E-state index in [1.54, 1.807) is 41.3 Å². The summed E-state index contributed by atoms with van der Waals surface area (Å²) >= 11 is 6.26. The minimum absolute atomic E-state index is 0.0991. The van der Waals surface area contributed by atoms with E-state index in [0.717, 1.165) is 5.69 Å². The summed E-state index contributed by atoms with van der Waals surface area (Å²) in [5.74, 6) is 0.501. The summed E-state index contributed by atoms with van der Waals surface area (Å²) in [4.78, 5) is 28.8. The number of carbonyl (C=O) groups excluding carboxylic acids is 2. The van der Waals surface area contributed by atoms with E-state index in [1.165, 1.54) is 0 Å². The van der Waals surface area contributed by atoms with Crippen molar-refractivity contribution < 1.29 is 19.1 Å². The molecular formula is C20H20ClN3O4. The van der Waals surface area contributed by atoms with Gasteiger partial charge in [-0.2, -0.15) is 0 Å². The Hall–Kier alpha value is -2.93. The van der Waals surface area contributed by atoms with Crippen molar-refractivity contribution >= 4 is 40.5 Å². The Labute approximate surface area is 167 Å². The smallest absolute Gasteiger partial charge is 0.231 e. The lowest BCUT2D eigenvalue weighted by atomic mass is 10.1. The first kappa shape index (κ1) is 18.4. The van der Waals surface area contributed by atoms with Crippen LogP contribution in [-0.4, -0.2) is 39.2 Å². The van der Waals surface area contributed by atoms with Crippen LogP contribution in [0.2, 0.25) is 5.02 Å². The lowest BCUT2D eigenvalue weighted by molar-refractivity contribution is -0.122. The van der Waals surface area contributed by atoms with E-state index >= 15 is 0 Å². The van der Waals surface area contributed by atoms with Gasteiger partial charge in [0.05, 0.1) is 22.3 Å². The average Bonchev–Trinajstić information content (AvgIpc) is 3.27. The number of rotatable bonds is 4. The number of halogens is 1. The minimum Gasteiger partial charge on any atom is -0.454 e. The van der Waals surface area contributed by atoms with Crippen LogP contribution < -0.4 is 24.6 Å². The van der Waals surface area contributed by atoms with Gasteiger partial charge in [0.15, 0.2) is 11.5 Å². The molecule has 1 N–H and O–H groups in total. The Morgan fingerprint density at radius 2 is 2.00 bits per heavy atom. The fourth-order valence-electron chi connectivity index (χ4n) is 3.49. The zero-order valence-corrected chi connectivity index (χ0v) is 16.3. The van der Waals surface area contributed by atoms with Crippen LogP contribution in [0.5, 0.6) is 11.5 Å². The molecule has 1 saturated heterocycles. The molecule has 0 aromatic heterocycles. The van der Waals surface area contributed by atoms with Crippen molar-refractivity contribution in [3.8, 4) is 11.5 Å². The van der Waals surface area contributed by atoms with E-state index in [-0.39, 0.29) is 25.0 Å². The van der Waals surface area contributed by atoms with Crippen LogP contribution in [0.4, 0.5) is 17.1 Å². The summed E-state index contributed by atoms with van der Waals surface area (Å²) in [6, 6.07) is 10.7. The van der Waals surface area contributed by atoms with Gasteiger partial charge in [0.2, 0.25) is 18.6 Å². The van der Waals surface area contributed by atoms with E-state index in [1.807, 2.05) is 19.0 Å². The lowest BCUT2D eigenvalue weighted by Crippen LogP contribution is -2.28. The standard InChI is InChI=1S/C20H20ClN3O4/c1-23(2)19-14(21)4-3-5-15(19)22-20(26)12-8-18(25)24(10-12)13-6-7-16-17(9-13)28-11-27-16/h3-7,9,12H,8,10-11H2,1-2H3,(H,22,26). The third-order valence-electron chi connectivity index (χ3n) is 4.86. The first-order valence-electron chi connectivity index (χ1n) is 8.91. The minimum atomic E-state index is -0.452. The Morgan fingerprint density at radius 1 is 1.21 bits per heavy atom. The van der Waals surface area contributed by atoms with E-state index in [9.17, 15) is 9.59 Å². The molecule has 28 heavy (non-hydrogen) atoms. The fourth-order valence-corrected chi connectivity index (χ4v) is 3.83. The van der Waals surface area contributed by atoms with Gasteiger partial charge >= 0.3 is 0 Å². The molecule has 0 bridgehead atoms. The highest BCUT2D eigenvalue weighted by Gasteiger charge is 2.36. The molecule has 0 saturated carbocycles. The average molecular weight is 402 g/mol. The first-order chi connectivity index (χ1) is 13.4. The highest BCUT2D eigenvalue weighted by molar-refractivity contribution is 6.34. The molecule has 2 aromatic carbocycles. The highest BCUT2D eigenvalue weighted by Crippen LogP contribution is 2.38. The van der Waals surface area contributed by atoms with Crippen molar-refractivity contribution in [3.63, 3.8) is 0 Å². The van der Waals surface area contributed by atoms with Crippen molar-refractivity contribution in [3.05, 3.63) is 41.4 Å². The topological polar surface area (TPSA) is 71.1 Å². The van der Waals surface area contributed by atoms with Crippen molar-refractivity contribution in [2.75, 3.05) is 42.5 Å². The molecule has 2 aliphatic heterocycles. The van der Waals surface area contributed by atoms with Crippen LogP contribution in [0.15, 0.2) is 36.4 Å². The highest BCUT2D eigenvalue weighted by atomic mass is 35.5. The molecule has 2 amide bonds. The number of carbonyl (C=O) groups is 2. The van der Waals surface area contributed by atoms with Crippen LogP contribution in [0.3, 0.4) is 0 Å². The molecular weight excluding hydrogens is 382 g/mol. The molecule has 7 nitrogen and oxygen atoms in total. The Bertz CT molecular complexity index is 947.